The smallest absolute Gasteiger partial charge is 0.366 e. The molecule has 0 aliphatic carbocycles. The van der Waals surface area contributed by atoms with Crippen molar-refractivity contribution in [1.29, 1.82) is 0 Å². The summed E-state index contributed by atoms with van der Waals surface area (Å²) in [4.78, 5) is 12.4. The van der Waals surface area contributed by atoms with Gasteiger partial charge in [-0.3, -0.25) is 4.79 Å². The second-order valence-corrected chi connectivity index (χ2v) is 5.15. The van der Waals surface area contributed by atoms with Gasteiger partial charge in [-0.2, -0.15) is 0 Å². The maximum Gasteiger partial charge on any atom is 0.366 e. The van der Waals surface area contributed by atoms with Crippen molar-refractivity contribution in [3.05, 3.63) is 90.0 Å². The van der Waals surface area contributed by atoms with E-state index in [9.17, 15) is 4.79 Å². The first-order valence-electron chi connectivity index (χ1n) is 7.52. The quantitative estimate of drug-likeness (QED) is 0.294. The highest BCUT2D eigenvalue weighted by Crippen LogP contribution is 2.22. The number of carbonyl (C=O) groups is 1. The standard InChI is InChI=1S/C20H16BO2/c1-21-23-20(14-19(22)16-8-3-2-4-9-16)18-12-11-15-7-5-6-10-17(15)13-18/h2-14H,1H3/b20-14-. The van der Waals surface area contributed by atoms with Crippen molar-refractivity contribution in [3.8, 4) is 0 Å². The average molecular weight is 299 g/mol. The van der Waals surface area contributed by atoms with Crippen LogP contribution in [-0.2, 0) is 4.65 Å². The molecule has 0 saturated carbocycles. The summed E-state index contributed by atoms with van der Waals surface area (Å²) in [6, 6.07) is 23.3. The second-order valence-electron chi connectivity index (χ2n) is 5.15. The molecular formula is C20H16BO2. The van der Waals surface area contributed by atoms with Gasteiger partial charge in [0.25, 0.3) is 0 Å². The van der Waals surface area contributed by atoms with E-state index in [0.717, 1.165) is 16.3 Å². The van der Waals surface area contributed by atoms with Crippen LogP contribution in [-0.4, -0.2) is 13.3 Å². The van der Waals surface area contributed by atoms with Gasteiger partial charge in [-0.25, -0.2) is 0 Å². The van der Waals surface area contributed by atoms with Gasteiger partial charge in [-0.05, 0) is 16.8 Å². The molecule has 0 spiro atoms. The van der Waals surface area contributed by atoms with Gasteiger partial charge >= 0.3 is 7.48 Å². The molecule has 1 radical (unpaired) electrons. The lowest BCUT2D eigenvalue weighted by atomic mass is 10.0. The Labute approximate surface area is 136 Å². The molecule has 2 nitrogen and oxygen atoms in total. The molecule has 3 aromatic carbocycles. The molecule has 3 aromatic rings. The maximum absolute atomic E-state index is 12.4. The summed E-state index contributed by atoms with van der Waals surface area (Å²) in [5, 5.41) is 2.27. The van der Waals surface area contributed by atoms with Gasteiger partial charge in [-0.15, -0.1) is 0 Å². The van der Waals surface area contributed by atoms with Crippen LogP contribution in [0.2, 0.25) is 6.82 Å². The van der Waals surface area contributed by atoms with E-state index in [2.05, 4.69) is 6.07 Å². The Kier molecular flexibility index (Phi) is 4.58. The molecule has 0 aliphatic rings. The van der Waals surface area contributed by atoms with E-state index in [1.165, 1.54) is 0 Å². The second kappa shape index (κ2) is 6.97. The fourth-order valence-corrected chi connectivity index (χ4v) is 2.46. The number of allylic oxidation sites excluding steroid dienone is 1. The van der Waals surface area contributed by atoms with Crippen LogP contribution >= 0.6 is 0 Å². The minimum absolute atomic E-state index is 0.0735. The molecule has 0 atom stereocenters. The third-order valence-corrected chi connectivity index (χ3v) is 3.60. The number of hydrogen-bond acceptors (Lipinski definition) is 2. The van der Waals surface area contributed by atoms with Gasteiger partial charge in [0.15, 0.2) is 5.78 Å². The van der Waals surface area contributed by atoms with Gasteiger partial charge in [0.05, 0.1) is 0 Å². The SMILES string of the molecule is C[B]O/C(=C\C(=O)c1ccccc1)c1ccc2ccccc2c1. The van der Waals surface area contributed by atoms with E-state index < -0.39 is 0 Å². The summed E-state index contributed by atoms with van der Waals surface area (Å²) in [7, 11) is 1.58. The molecule has 0 bridgehead atoms. The van der Waals surface area contributed by atoms with E-state index in [0.29, 0.717) is 11.3 Å². The van der Waals surface area contributed by atoms with E-state index in [1.54, 1.807) is 32.5 Å². The van der Waals surface area contributed by atoms with Crippen molar-refractivity contribution < 1.29 is 9.45 Å². The molecule has 23 heavy (non-hydrogen) atoms. The number of hydrogen-bond donors (Lipinski definition) is 0. The number of rotatable bonds is 5. The maximum atomic E-state index is 12.4. The molecule has 0 amide bonds. The van der Waals surface area contributed by atoms with Crippen molar-refractivity contribution in [2.45, 2.75) is 6.82 Å². The van der Waals surface area contributed by atoms with Crippen LogP contribution in [0.1, 0.15) is 15.9 Å². The molecule has 0 fully saturated rings. The highest BCUT2D eigenvalue weighted by atomic mass is 16.4. The third kappa shape index (κ3) is 3.51. The predicted molar refractivity (Wildman–Crippen MR) is 95.4 cm³/mol. The van der Waals surface area contributed by atoms with Crippen molar-refractivity contribution in [2.75, 3.05) is 0 Å². The number of fused-ring (bicyclic) bond motifs is 1. The molecule has 0 saturated heterocycles. The molecule has 0 unspecified atom stereocenters. The molecule has 0 heterocycles. The Morgan fingerprint density at radius 2 is 1.57 bits per heavy atom. The minimum Gasteiger partial charge on any atom is -0.563 e. The van der Waals surface area contributed by atoms with Gasteiger partial charge in [-0.1, -0.05) is 73.6 Å². The summed E-state index contributed by atoms with van der Waals surface area (Å²) in [5.41, 5.74) is 1.52. The Morgan fingerprint density at radius 1 is 0.870 bits per heavy atom. The molecule has 0 aliphatic heterocycles. The van der Waals surface area contributed by atoms with Crippen molar-refractivity contribution >= 4 is 29.8 Å². The summed E-state index contributed by atoms with van der Waals surface area (Å²) in [6.07, 6.45) is 1.54. The molecule has 0 N–H and O–H groups in total. The first-order valence-corrected chi connectivity index (χ1v) is 7.52. The zero-order valence-electron chi connectivity index (χ0n) is 12.9. The Balaban J connectivity index is 1.99. The topological polar surface area (TPSA) is 26.3 Å². The lowest BCUT2D eigenvalue weighted by Gasteiger charge is -2.10. The predicted octanol–water partition coefficient (Wildman–Crippen LogP) is 4.75. The van der Waals surface area contributed by atoms with Crippen LogP contribution in [0.25, 0.3) is 16.5 Å². The average Bonchev–Trinajstić information content (AvgIpc) is 2.61. The van der Waals surface area contributed by atoms with Gasteiger partial charge in [0.2, 0.25) is 0 Å². The van der Waals surface area contributed by atoms with Crippen LogP contribution in [0.4, 0.5) is 0 Å². The van der Waals surface area contributed by atoms with Crippen LogP contribution < -0.4 is 0 Å². The van der Waals surface area contributed by atoms with Crippen molar-refractivity contribution in [3.63, 3.8) is 0 Å². The first kappa shape index (κ1) is 15.1. The molecule has 111 valence electrons. The summed E-state index contributed by atoms with van der Waals surface area (Å²) >= 11 is 0. The highest BCUT2D eigenvalue weighted by Gasteiger charge is 2.08. The molecule has 3 rings (SSSR count). The number of ketones is 1. The summed E-state index contributed by atoms with van der Waals surface area (Å²) in [5.74, 6) is 0.475. The fourth-order valence-electron chi connectivity index (χ4n) is 2.46. The largest absolute Gasteiger partial charge is 0.563 e. The molecular weight excluding hydrogens is 283 g/mol. The Hall–Kier alpha value is -2.81. The number of benzene rings is 3. The zero-order chi connectivity index (χ0) is 16.1. The lowest BCUT2D eigenvalue weighted by Crippen LogP contribution is -2.00. The third-order valence-electron chi connectivity index (χ3n) is 3.60. The highest BCUT2D eigenvalue weighted by molar-refractivity contribution is 6.27. The van der Waals surface area contributed by atoms with Crippen LogP contribution in [0, 0.1) is 0 Å². The zero-order valence-corrected chi connectivity index (χ0v) is 12.9. The normalized spacial score (nSPS) is 11.3. The fraction of sp³-hybridized carbons (Fsp3) is 0.0500. The monoisotopic (exact) mass is 299 g/mol. The first-order chi connectivity index (χ1) is 11.3. The van der Waals surface area contributed by atoms with E-state index in [1.807, 2.05) is 54.6 Å². The lowest BCUT2D eigenvalue weighted by molar-refractivity contribution is 0.104. The molecule has 0 aromatic heterocycles. The van der Waals surface area contributed by atoms with Gasteiger partial charge in [0.1, 0.15) is 5.76 Å². The van der Waals surface area contributed by atoms with Crippen LogP contribution in [0.3, 0.4) is 0 Å². The van der Waals surface area contributed by atoms with Crippen LogP contribution in [0.5, 0.6) is 0 Å². The van der Waals surface area contributed by atoms with Crippen molar-refractivity contribution in [1.82, 2.24) is 0 Å². The van der Waals surface area contributed by atoms with Crippen molar-refractivity contribution in [2.24, 2.45) is 0 Å². The minimum atomic E-state index is -0.0735. The summed E-state index contributed by atoms with van der Waals surface area (Å²) in [6.45, 7) is 1.79. The summed E-state index contributed by atoms with van der Waals surface area (Å²) < 4.78 is 5.58. The number of carbonyl (C=O) groups excluding carboxylic acids is 1. The Morgan fingerprint density at radius 3 is 2.30 bits per heavy atom. The van der Waals surface area contributed by atoms with E-state index in [4.69, 9.17) is 4.65 Å². The van der Waals surface area contributed by atoms with Gasteiger partial charge in [0, 0.05) is 17.2 Å². The van der Waals surface area contributed by atoms with E-state index in [-0.39, 0.29) is 5.78 Å². The molecule has 3 heteroatoms. The van der Waals surface area contributed by atoms with Gasteiger partial charge < -0.3 is 4.65 Å². The van der Waals surface area contributed by atoms with Crippen LogP contribution in [0.15, 0.2) is 78.9 Å². The van der Waals surface area contributed by atoms with E-state index >= 15 is 0 Å². The Bertz CT molecular complexity index is 854.